The van der Waals surface area contributed by atoms with Crippen LogP contribution in [0.1, 0.15) is 32.3 Å². The number of anilines is 1. The summed E-state index contributed by atoms with van der Waals surface area (Å²) in [5, 5.41) is 2.92. The molecule has 1 heterocycles. The zero-order valence-electron chi connectivity index (χ0n) is 15.3. The number of rotatable bonds is 8. The van der Waals surface area contributed by atoms with Gasteiger partial charge in [-0.05, 0) is 36.6 Å². The van der Waals surface area contributed by atoms with E-state index in [9.17, 15) is 4.79 Å². The van der Waals surface area contributed by atoms with Crippen molar-refractivity contribution in [3.05, 3.63) is 48.0 Å². The van der Waals surface area contributed by atoms with Crippen molar-refractivity contribution in [3.63, 3.8) is 0 Å². The van der Waals surface area contributed by atoms with Gasteiger partial charge in [0.15, 0.2) is 17.6 Å². The van der Waals surface area contributed by atoms with Gasteiger partial charge in [0.1, 0.15) is 5.75 Å². The fraction of sp³-hybridized carbons (Fsp3) is 0.381. The minimum atomic E-state index is -0.511. The van der Waals surface area contributed by atoms with E-state index in [-0.39, 0.29) is 5.91 Å². The Bertz CT molecular complexity index is 734. The summed E-state index contributed by atoms with van der Waals surface area (Å²) in [7, 11) is 0. The van der Waals surface area contributed by atoms with Crippen molar-refractivity contribution in [3.8, 4) is 17.2 Å². The average molecular weight is 355 g/mol. The Kier molecular flexibility index (Phi) is 6.00. The second-order valence-electron chi connectivity index (χ2n) is 6.27. The summed E-state index contributed by atoms with van der Waals surface area (Å²) < 4.78 is 17.2. The van der Waals surface area contributed by atoms with Crippen molar-refractivity contribution in [1.29, 1.82) is 0 Å². The van der Waals surface area contributed by atoms with Crippen molar-refractivity contribution >= 4 is 11.6 Å². The third-order valence-corrected chi connectivity index (χ3v) is 4.07. The van der Waals surface area contributed by atoms with Gasteiger partial charge in [-0.2, -0.15) is 0 Å². The van der Waals surface area contributed by atoms with Crippen molar-refractivity contribution in [2.45, 2.75) is 39.2 Å². The highest BCUT2D eigenvalue weighted by molar-refractivity contribution is 5.95. The van der Waals surface area contributed by atoms with Crippen LogP contribution < -0.4 is 19.5 Å². The molecule has 5 heteroatoms. The Labute approximate surface area is 154 Å². The first-order chi connectivity index (χ1) is 12.7. The maximum Gasteiger partial charge on any atom is 0.265 e. The summed E-state index contributed by atoms with van der Waals surface area (Å²) in [6.45, 7) is 5.33. The second-order valence-corrected chi connectivity index (χ2v) is 6.27. The lowest BCUT2D eigenvalue weighted by Gasteiger charge is -2.15. The lowest BCUT2D eigenvalue weighted by atomic mass is 10.1. The van der Waals surface area contributed by atoms with Gasteiger partial charge < -0.3 is 19.5 Å². The van der Waals surface area contributed by atoms with E-state index >= 15 is 0 Å². The van der Waals surface area contributed by atoms with Gasteiger partial charge in [0.2, 0.25) is 0 Å². The predicted molar refractivity (Wildman–Crippen MR) is 101 cm³/mol. The largest absolute Gasteiger partial charge is 0.490 e. The minimum absolute atomic E-state index is 0.162. The highest BCUT2D eigenvalue weighted by atomic mass is 16.5. The number of carbonyl (C=O) groups excluding carboxylic acids is 1. The summed E-state index contributed by atoms with van der Waals surface area (Å²) in [6, 6.07) is 13.2. The smallest absolute Gasteiger partial charge is 0.265 e. The van der Waals surface area contributed by atoms with E-state index in [1.165, 1.54) is 0 Å². The maximum absolute atomic E-state index is 12.6. The van der Waals surface area contributed by atoms with Crippen molar-refractivity contribution in [1.82, 2.24) is 0 Å². The lowest BCUT2D eigenvalue weighted by Crippen LogP contribution is -2.31. The molecule has 0 spiro atoms. The van der Waals surface area contributed by atoms with Crippen LogP contribution in [-0.4, -0.2) is 25.2 Å². The zero-order chi connectivity index (χ0) is 18.4. The van der Waals surface area contributed by atoms with E-state index in [1.54, 1.807) is 6.07 Å². The third-order valence-electron chi connectivity index (χ3n) is 4.07. The Morgan fingerprint density at radius 1 is 1.08 bits per heavy atom. The molecule has 1 aliphatic rings. The molecule has 0 saturated heterocycles. The standard InChI is InChI=1S/C21H25NO4/c1-3-11-24-18-10-9-16(14-19(18)25-12-4-2)22-21(23)20-13-15-7-5-6-8-17(15)26-20/h5-10,14,20H,3-4,11-13H2,1-2H3,(H,22,23). The van der Waals surface area contributed by atoms with Crippen LogP contribution in [0, 0.1) is 0 Å². The van der Waals surface area contributed by atoms with Crippen LogP contribution >= 0.6 is 0 Å². The van der Waals surface area contributed by atoms with Gasteiger partial charge in [-0.1, -0.05) is 32.0 Å². The molecule has 0 fully saturated rings. The number of ether oxygens (including phenoxy) is 3. The van der Waals surface area contributed by atoms with Gasteiger partial charge in [0, 0.05) is 18.2 Å². The fourth-order valence-corrected chi connectivity index (χ4v) is 2.79. The van der Waals surface area contributed by atoms with E-state index in [2.05, 4.69) is 12.2 Å². The number of benzene rings is 2. The molecule has 0 aliphatic carbocycles. The molecule has 1 amide bonds. The molecule has 0 bridgehead atoms. The number of fused-ring (bicyclic) bond motifs is 1. The molecule has 0 aromatic heterocycles. The Hall–Kier alpha value is -2.69. The highest BCUT2D eigenvalue weighted by Gasteiger charge is 2.28. The van der Waals surface area contributed by atoms with E-state index in [0.717, 1.165) is 24.2 Å². The van der Waals surface area contributed by atoms with Gasteiger partial charge in [0.25, 0.3) is 5.91 Å². The quantitative estimate of drug-likeness (QED) is 0.771. The fourth-order valence-electron chi connectivity index (χ4n) is 2.79. The Balaban J connectivity index is 1.68. The number of hydrogen-bond donors (Lipinski definition) is 1. The molecule has 1 unspecified atom stereocenters. The number of carbonyl (C=O) groups is 1. The first kappa shape index (κ1) is 18.1. The molecule has 2 aromatic carbocycles. The monoisotopic (exact) mass is 355 g/mol. The van der Waals surface area contributed by atoms with Gasteiger partial charge in [0.05, 0.1) is 13.2 Å². The summed E-state index contributed by atoms with van der Waals surface area (Å²) >= 11 is 0. The number of para-hydroxylation sites is 1. The first-order valence-electron chi connectivity index (χ1n) is 9.16. The summed E-state index contributed by atoms with van der Waals surface area (Å²) in [5.41, 5.74) is 1.73. The van der Waals surface area contributed by atoms with Crippen molar-refractivity contribution in [2.75, 3.05) is 18.5 Å². The number of nitrogens with one attached hydrogen (secondary N) is 1. The van der Waals surface area contributed by atoms with Crippen LogP contribution in [0.5, 0.6) is 17.2 Å². The van der Waals surface area contributed by atoms with E-state index < -0.39 is 6.10 Å². The van der Waals surface area contributed by atoms with E-state index in [4.69, 9.17) is 14.2 Å². The second kappa shape index (κ2) is 8.61. The predicted octanol–water partition coefficient (Wildman–Crippen LogP) is 4.21. The van der Waals surface area contributed by atoms with Crippen LogP contribution in [0.4, 0.5) is 5.69 Å². The summed E-state index contributed by atoms with van der Waals surface area (Å²) in [4.78, 5) is 12.6. The van der Waals surface area contributed by atoms with Gasteiger partial charge >= 0.3 is 0 Å². The van der Waals surface area contributed by atoms with E-state index in [1.807, 2.05) is 43.3 Å². The van der Waals surface area contributed by atoms with Gasteiger partial charge in [-0.3, -0.25) is 4.79 Å². The normalized spacial score (nSPS) is 15.1. The van der Waals surface area contributed by atoms with Crippen LogP contribution in [0.2, 0.25) is 0 Å². The zero-order valence-corrected chi connectivity index (χ0v) is 15.3. The third kappa shape index (κ3) is 4.28. The molecular formula is C21H25NO4. The Morgan fingerprint density at radius 3 is 2.54 bits per heavy atom. The molecule has 138 valence electrons. The van der Waals surface area contributed by atoms with E-state index in [0.29, 0.717) is 36.8 Å². The van der Waals surface area contributed by atoms with Crippen molar-refractivity contribution < 1.29 is 19.0 Å². The molecule has 1 aliphatic heterocycles. The average Bonchev–Trinajstić information content (AvgIpc) is 3.10. The molecule has 2 aromatic rings. The minimum Gasteiger partial charge on any atom is -0.490 e. The first-order valence-corrected chi connectivity index (χ1v) is 9.16. The highest BCUT2D eigenvalue weighted by Crippen LogP contribution is 2.32. The summed E-state index contributed by atoms with van der Waals surface area (Å²) in [5.74, 6) is 1.96. The van der Waals surface area contributed by atoms with Crippen LogP contribution in [0.15, 0.2) is 42.5 Å². The van der Waals surface area contributed by atoms with Crippen LogP contribution in [0.25, 0.3) is 0 Å². The SMILES string of the molecule is CCCOc1ccc(NC(=O)C2Cc3ccccc3O2)cc1OCCC. The maximum atomic E-state index is 12.6. The topological polar surface area (TPSA) is 56.8 Å². The summed E-state index contributed by atoms with van der Waals surface area (Å²) in [6.07, 6.45) is 1.89. The molecule has 0 saturated carbocycles. The molecule has 1 atom stereocenters. The molecule has 5 nitrogen and oxygen atoms in total. The molecule has 26 heavy (non-hydrogen) atoms. The van der Waals surface area contributed by atoms with Gasteiger partial charge in [-0.25, -0.2) is 0 Å². The molecule has 3 rings (SSSR count). The van der Waals surface area contributed by atoms with Crippen molar-refractivity contribution in [2.24, 2.45) is 0 Å². The van der Waals surface area contributed by atoms with Crippen LogP contribution in [-0.2, 0) is 11.2 Å². The number of hydrogen-bond acceptors (Lipinski definition) is 4. The Morgan fingerprint density at radius 2 is 1.81 bits per heavy atom. The molecular weight excluding hydrogens is 330 g/mol. The lowest BCUT2D eigenvalue weighted by molar-refractivity contribution is -0.122. The molecule has 1 N–H and O–H groups in total. The molecule has 0 radical (unpaired) electrons. The number of amides is 1. The van der Waals surface area contributed by atoms with Crippen LogP contribution in [0.3, 0.4) is 0 Å². The van der Waals surface area contributed by atoms with Gasteiger partial charge in [-0.15, -0.1) is 0 Å².